The van der Waals surface area contributed by atoms with Gasteiger partial charge < -0.3 is 10.7 Å². The molecule has 2 rings (SSSR count). The molecule has 0 aliphatic heterocycles. The van der Waals surface area contributed by atoms with Crippen LogP contribution in [0.2, 0.25) is 0 Å². The molecule has 7 heteroatoms. The number of hydrogen-bond donors (Lipinski definition) is 1. The quantitative estimate of drug-likeness (QED) is 0.632. The van der Waals surface area contributed by atoms with Crippen molar-refractivity contribution in [1.82, 2.24) is 19.8 Å². The number of nitrogens with two attached hydrogens (primary N) is 1. The van der Waals surface area contributed by atoms with Crippen LogP contribution in [-0.2, 0) is 4.79 Å². The van der Waals surface area contributed by atoms with Crippen molar-refractivity contribution in [2.24, 2.45) is 0 Å². The number of aryl methyl sites for hydroxylation is 1. The Morgan fingerprint density at radius 2 is 1.64 bits per heavy atom. The molecule has 6 nitrogen and oxygen atoms in total. The van der Waals surface area contributed by atoms with Gasteiger partial charge in [0, 0.05) is 17.6 Å². The summed E-state index contributed by atoms with van der Waals surface area (Å²) in [5, 5.41) is 8.59. The second kappa shape index (κ2) is 7.91. The zero-order valence-electron chi connectivity index (χ0n) is 15.7. The Kier molecular flexibility index (Phi) is 6.11. The fraction of sp³-hybridized carbons (Fsp3) is 0.500. The summed E-state index contributed by atoms with van der Waals surface area (Å²) < 4.78 is 1.45. The maximum absolute atomic E-state index is 12.8. The van der Waals surface area contributed by atoms with E-state index in [1.165, 1.54) is 22.0 Å². The first-order valence-electron chi connectivity index (χ1n) is 8.48. The van der Waals surface area contributed by atoms with Gasteiger partial charge in [-0.05, 0) is 41.5 Å². The highest BCUT2D eigenvalue weighted by molar-refractivity contribution is 8.00. The van der Waals surface area contributed by atoms with Crippen molar-refractivity contribution < 1.29 is 4.79 Å². The summed E-state index contributed by atoms with van der Waals surface area (Å²) in [7, 11) is 0. The molecule has 2 aromatic rings. The lowest BCUT2D eigenvalue weighted by Gasteiger charge is -2.32. The van der Waals surface area contributed by atoms with Gasteiger partial charge in [0.05, 0.1) is 5.25 Å². The van der Waals surface area contributed by atoms with Crippen molar-refractivity contribution >= 4 is 17.7 Å². The van der Waals surface area contributed by atoms with Gasteiger partial charge in [-0.1, -0.05) is 41.6 Å². The maximum Gasteiger partial charge on any atom is 0.236 e. The maximum atomic E-state index is 12.8. The van der Waals surface area contributed by atoms with E-state index in [1.807, 2.05) is 70.7 Å². The minimum Gasteiger partial charge on any atom is -0.337 e. The molecule has 0 saturated heterocycles. The molecule has 1 aromatic carbocycles. The molecule has 1 amide bonds. The molecule has 25 heavy (non-hydrogen) atoms. The highest BCUT2D eigenvalue weighted by atomic mass is 32.2. The molecule has 136 valence electrons. The third kappa shape index (κ3) is 4.34. The molecule has 1 atom stereocenters. The first-order valence-corrected chi connectivity index (χ1v) is 9.36. The Balaban J connectivity index is 2.18. The Bertz CT molecular complexity index is 716. The van der Waals surface area contributed by atoms with Crippen LogP contribution in [0, 0.1) is 6.92 Å². The molecule has 1 heterocycles. The number of benzene rings is 1. The van der Waals surface area contributed by atoms with E-state index >= 15 is 0 Å². The van der Waals surface area contributed by atoms with Crippen molar-refractivity contribution in [3.63, 3.8) is 0 Å². The van der Waals surface area contributed by atoms with E-state index in [9.17, 15) is 4.79 Å². The fourth-order valence-electron chi connectivity index (χ4n) is 2.78. The molecule has 0 fully saturated rings. The second-order valence-electron chi connectivity index (χ2n) is 6.74. The van der Waals surface area contributed by atoms with Crippen LogP contribution in [0.4, 0.5) is 0 Å². The van der Waals surface area contributed by atoms with Crippen LogP contribution < -0.4 is 5.84 Å². The highest BCUT2D eigenvalue weighted by Gasteiger charge is 2.27. The predicted octanol–water partition coefficient (Wildman–Crippen LogP) is 3.09. The van der Waals surface area contributed by atoms with E-state index in [0.717, 1.165) is 5.56 Å². The number of rotatable bonds is 6. The molecule has 2 N–H and O–H groups in total. The van der Waals surface area contributed by atoms with Crippen LogP contribution in [0.25, 0.3) is 11.4 Å². The summed E-state index contributed by atoms with van der Waals surface area (Å²) in [6.45, 7) is 12.0. The molecular weight excluding hydrogens is 334 g/mol. The number of aromatic nitrogens is 3. The van der Waals surface area contributed by atoms with Gasteiger partial charge >= 0.3 is 0 Å². The van der Waals surface area contributed by atoms with Crippen molar-refractivity contribution in [1.29, 1.82) is 0 Å². The van der Waals surface area contributed by atoms with Crippen molar-refractivity contribution in [3.8, 4) is 11.4 Å². The first kappa shape index (κ1) is 19.3. The van der Waals surface area contributed by atoms with Crippen LogP contribution in [0.1, 0.15) is 40.2 Å². The van der Waals surface area contributed by atoms with Gasteiger partial charge in [-0.15, -0.1) is 10.2 Å². The number of hydrogen-bond acceptors (Lipinski definition) is 5. The van der Waals surface area contributed by atoms with Gasteiger partial charge in [0.15, 0.2) is 5.82 Å². The number of nitrogen functional groups attached to an aromatic ring is 1. The van der Waals surface area contributed by atoms with E-state index in [-0.39, 0.29) is 23.2 Å². The van der Waals surface area contributed by atoms with E-state index in [2.05, 4.69) is 10.2 Å². The molecule has 0 radical (unpaired) electrons. The smallest absolute Gasteiger partial charge is 0.236 e. The fourth-order valence-corrected chi connectivity index (χ4v) is 3.61. The van der Waals surface area contributed by atoms with Gasteiger partial charge in [0.1, 0.15) is 0 Å². The van der Waals surface area contributed by atoms with E-state index in [1.54, 1.807) is 0 Å². The largest absolute Gasteiger partial charge is 0.337 e. The first-order chi connectivity index (χ1) is 11.7. The van der Waals surface area contributed by atoms with Gasteiger partial charge in [0.25, 0.3) is 0 Å². The van der Waals surface area contributed by atoms with Crippen LogP contribution in [0.5, 0.6) is 0 Å². The molecule has 0 saturated carbocycles. The molecule has 1 unspecified atom stereocenters. The number of carbonyl (C=O) groups excluding carboxylic acids is 1. The number of nitrogens with zero attached hydrogens (tertiary/aromatic N) is 4. The molecule has 0 aliphatic rings. The monoisotopic (exact) mass is 361 g/mol. The van der Waals surface area contributed by atoms with Crippen molar-refractivity contribution in [2.45, 2.75) is 64.0 Å². The average molecular weight is 362 g/mol. The average Bonchev–Trinajstić information content (AvgIpc) is 2.88. The Morgan fingerprint density at radius 3 is 2.16 bits per heavy atom. The lowest BCUT2D eigenvalue weighted by molar-refractivity contribution is -0.133. The minimum absolute atomic E-state index is 0.0786. The number of amides is 1. The Hall–Kier alpha value is -2.02. The second-order valence-corrected chi connectivity index (χ2v) is 8.04. The molecule has 0 spiro atoms. The van der Waals surface area contributed by atoms with Crippen LogP contribution in [0.15, 0.2) is 29.4 Å². The topological polar surface area (TPSA) is 77.0 Å². The van der Waals surface area contributed by atoms with Crippen LogP contribution >= 0.6 is 11.8 Å². The Morgan fingerprint density at radius 1 is 1.08 bits per heavy atom. The van der Waals surface area contributed by atoms with Crippen LogP contribution in [0.3, 0.4) is 0 Å². The SMILES string of the molecule is Cc1ccc(-c2nnc(SC(C)C(=O)N(C(C)C)C(C)C)n2N)cc1. The summed E-state index contributed by atoms with van der Waals surface area (Å²) in [6, 6.07) is 8.23. The lowest BCUT2D eigenvalue weighted by Crippen LogP contribution is -2.45. The van der Waals surface area contributed by atoms with E-state index < -0.39 is 0 Å². The summed E-state index contributed by atoms with van der Waals surface area (Å²) in [5.41, 5.74) is 2.07. The van der Waals surface area contributed by atoms with Crippen molar-refractivity contribution in [3.05, 3.63) is 29.8 Å². The third-order valence-corrected chi connectivity index (χ3v) is 5.02. The molecule has 0 bridgehead atoms. The normalized spacial score (nSPS) is 12.6. The van der Waals surface area contributed by atoms with Crippen LogP contribution in [-0.4, -0.2) is 43.0 Å². The molecule has 0 aliphatic carbocycles. The van der Waals surface area contributed by atoms with E-state index in [4.69, 9.17) is 5.84 Å². The summed E-state index contributed by atoms with van der Waals surface area (Å²) in [4.78, 5) is 14.6. The summed E-state index contributed by atoms with van der Waals surface area (Å²) >= 11 is 1.33. The molecule has 1 aromatic heterocycles. The minimum atomic E-state index is -0.290. The van der Waals surface area contributed by atoms with E-state index in [0.29, 0.717) is 11.0 Å². The lowest BCUT2D eigenvalue weighted by atomic mass is 10.1. The third-order valence-electron chi connectivity index (χ3n) is 3.97. The highest BCUT2D eigenvalue weighted by Crippen LogP contribution is 2.26. The zero-order chi connectivity index (χ0) is 18.7. The predicted molar refractivity (Wildman–Crippen MR) is 103 cm³/mol. The van der Waals surface area contributed by atoms with Gasteiger partial charge in [-0.2, -0.15) is 0 Å². The van der Waals surface area contributed by atoms with Gasteiger partial charge in [-0.3, -0.25) is 4.79 Å². The van der Waals surface area contributed by atoms with Gasteiger partial charge in [-0.25, -0.2) is 4.68 Å². The number of thioether (sulfide) groups is 1. The number of carbonyl (C=O) groups is 1. The standard InChI is InChI=1S/C18H27N5OS/c1-11(2)22(12(3)4)17(24)14(6)25-18-21-20-16(23(18)19)15-9-7-13(5)8-10-15/h7-12,14H,19H2,1-6H3. The summed E-state index contributed by atoms with van der Waals surface area (Å²) in [6.07, 6.45) is 0. The molecular formula is C18H27N5OS. The Labute approximate surface area is 153 Å². The van der Waals surface area contributed by atoms with Gasteiger partial charge in [0.2, 0.25) is 11.1 Å². The zero-order valence-corrected chi connectivity index (χ0v) is 16.5. The van der Waals surface area contributed by atoms with Crippen molar-refractivity contribution in [2.75, 3.05) is 5.84 Å². The summed E-state index contributed by atoms with van der Waals surface area (Å²) in [5.74, 6) is 6.83.